The quantitative estimate of drug-likeness (QED) is 0.858. The highest BCUT2D eigenvalue weighted by Crippen LogP contribution is 2.13. The van der Waals surface area contributed by atoms with Crippen LogP contribution in [0.25, 0.3) is 0 Å². The van der Waals surface area contributed by atoms with Crippen molar-refractivity contribution in [1.29, 1.82) is 0 Å². The van der Waals surface area contributed by atoms with Gasteiger partial charge in [0.05, 0.1) is 0 Å². The second-order valence-electron chi connectivity index (χ2n) is 4.82. The van der Waals surface area contributed by atoms with Gasteiger partial charge in [-0.2, -0.15) is 0 Å². The van der Waals surface area contributed by atoms with Crippen LogP contribution >= 0.6 is 0 Å². The van der Waals surface area contributed by atoms with E-state index in [0.717, 1.165) is 19.5 Å². The van der Waals surface area contributed by atoms with E-state index in [4.69, 9.17) is 5.73 Å². The summed E-state index contributed by atoms with van der Waals surface area (Å²) >= 11 is 0. The fraction of sp³-hybridized carbons (Fsp3) is 0.294. The molecule has 0 spiro atoms. The highest BCUT2D eigenvalue weighted by Gasteiger charge is 2.10. The normalized spacial score (nSPS) is 12.1. The molecule has 0 fully saturated rings. The Morgan fingerprint density at radius 1 is 0.947 bits per heavy atom. The molecule has 2 rings (SSSR count). The summed E-state index contributed by atoms with van der Waals surface area (Å²) in [5.74, 6) is 0. The van der Waals surface area contributed by atoms with Crippen LogP contribution in [0.5, 0.6) is 0 Å². The summed E-state index contributed by atoms with van der Waals surface area (Å²) in [6.45, 7) is 4.03. The predicted molar refractivity (Wildman–Crippen MR) is 82.5 cm³/mol. The first-order valence-corrected chi connectivity index (χ1v) is 6.89. The van der Waals surface area contributed by atoms with Crippen molar-refractivity contribution < 1.29 is 0 Å². The molecule has 1 atom stereocenters. The highest BCUT2D eigenvalue weighted by atomic mass is 15.1. The minimum absolute atomic E-state index is 0.155. The number of likely N-dealkylation sites (N-methyl/N-ethyl adjacent to an activating group) is 1. The Kier molecular flexibility index (Phi) is 4.99. The van der Waals surface area contributed by atoms with E-state index >= 15 is 0 Å². The molecule has 0 aromatic heterocycles. The lowest BCUT2D eigenvalue weighted by atomic mass is 10.1. The monoisotopic (exact) mass is 254 g/mol. The van der Waals surface area contributed by atoms with Gasteiger partial charge < -0.3 is 10.6 Å². The SMILES string of the molecule is CCN(CC(N)Cc1ccccc1)c1ccccc1. The third-order valence-corrected chi connectivity index (χ3v) is 3.30. The standard InChI is InChI=1S/C17H22N2/c1-2-19(17-11-7-4-8-12-17)14-16(18)13-15-9-5-3-6-10-15/h3-12,16H,2,13-14,18H2,1H3. The molecule has 0 aliphatic rings. The molecule has 0 saturated carbocycles. The molecule has 0 aliphatic carbocycles. The van der Waals surface area contributed by atoms with Crippen molar-refractivity contribution in [3.8, 4) is 0 Å². The zero-order chi connectivity index (χ0) is 13.5. The third kappa shape index (κ3) is 4.11. The maximum Gasteiger partial charge on any atom is 0.0366 e. The van der Waals surface area contributed by atoms with E-state index in [0.29, 0.717) is 0 Å². The number of nitrogens with zero attached hydrogens (tertiary/aromatic N) is 1. The molecule has 0 bridgehead atoms. The first kappa shape index (κ1) is 13.6. The Bertz CT molecular complexity index is 467. The fourth-order valence-corrected chi connectivity index (χ4v) is 2.32. The van der Waals surface area contributed by atoms with Crippen LogP contribution in [-0.4, -0.2) is 19.1 Å². The average molecular weight is 254 g/mol. The van der Waals surface area contributed by atoms with Crippen molar-refractivity contribution in [2.75, 3.05) is 18.0 Å². The van der Waals surface area contributed by atoms with Gasteiger partial charge in [0, 0.05) is 24.8 Å². The number of hydrogen-bond donors (Lipinski definition) is 1. The summed E-state index contributed by atoms with van der Waals surface area (Å²) in [7, 11) is 0. The van der Waals surface area contributed by atoms with Crippen molar-refractivity contribution in [2.45, 2.75) is 19.4 Å². The topological polar surface area (TPSA) is 29.3 Å². The molecule has 2 aromatic rings. The predicted octanol–water partition coefficient (Wildman–Crippen LogP) is 3.08. The maximum atomic E-state index is 6.28. The van der Waals surface area contributed by atoms with Crippen molar-refractivity contribution in [3.63, 3.8) is 0 Å². The van der Waals surface area contributed by atoms with E-state index in [1.807, 2.05) is 12.1 Å². The fourth-order valence-electron chi connectivity index (χ4n) is 2.32. The van der Waals surface area contributed by atoms with Crippen molar-refractivity contribution >= 4 is 5.69 Å². The Morgan fingerprint density at radius 2 is 1.53 bits per heavy atom. The van der Waals surface area contributed by atoms with Gasteiger partial charge in [-0.15, -0.1) is 0 Å². The summed E-state index contributed by atoms with van der Waals surface area (Å²) in [6.07, 6.45) is 0.921. The summed E-state index contributed by atoms with van der Waals surface area (Å²) in [5, 5.41) is 0. The molecular formula is C17H22N2. The zero-order valence-electron chi connectivity index (χ0n) is 11.5. The minimum Gasteiger partial charge on any atom is -0.370 e. The van der Waals surface area contributed by atoms with Crippen molar-refractivity contribution in [3.05, 3.63) is 66.2 Å². The van der Waals surface area contributed by atoms with Crippen LogP contribution in [-0.2, 0) is 6.42 Å². The number of hydrogen-bond acceptors (Lipinski definition) is 2. The van der Waals surface area contributed by atoms with Crippen LogP contribution in [0.15, 0.2) is 60.7 Å². The van der Waals surface area contributed by atoms with Crippen LogP contribution in [0, 0.1) is 0 Å². The molecule has 2 heteroatoms. The number of rotatable bonds is 6. The van der Waals surface area contributed by atoms with Crippen molar-refractivity contribution in [2.24, 2.45) is 5.73 Å². The van der Waals surface area contributed by atoms with E-state index in [9.17, 15) is 0 Å². The molecule has 0 amide bonds. The molecule has 2 N–H and O–H groups in total. The zero-order valence-corrected chi connectivity index (χ0v) is 11.5. The summed E-state index contributed by atoms with van der Waals surface area (Å²) in [6, 6.07) is 21.1. The summed E-state index contributed by atoms with van der Waals surface area (Å²) in [5.41, 5.74) is 8.83. The number of para-hydroxylation sites is 1. The number of nitrogens with two attached hydrogens (primary N) is 1. The van der Waals surface area contributed by atoms with Crippen LogP contribution in [0.2, 0.25) is 0 Å². The second-order valence-corrected chi connectivity index (χ2v) is 4.82. The van der Waals surface area contributed by atoms with Crippen LogP contribution in [0.3, 0.4) is 0 Å². The van der Waals surface area contributed by atoms with Gasteiger partial charge in [0.1, 0.15) is 0 Å². The van der Waals surface area contributed by atoms with Crippen LogP contribution in [0.1, 0.15) is 12.5 Å². The van der Waals surface area contributed by atoms with Gasteiger partial charge in [0.15, 0.2) is 0 Å². The number of benzene rings is 2. The van der Waals surface area contributed by atoms with Gasteiger partial charge in [-0.1, -0.05) is 48.5 Å². The first-order valence-electron chi connectivity index (χ1n) is 6.89. The van der Waals surface area contributed by atoms with Gasteiger partial charge >= 0.3 is 0 Å². The summed E-state index contributed by atoms with van der Waals surface area (Å²) < 4.78 is 0. The van der Waals surface area contributed by atoms with Crippen molar-refractivity contribution in [1.82, 2.24) is 0 Å². The average Bonchev–Trinajstić information content (AvgIpc) is 2.47. The molecule has 1 unspecified atom stereocenters. The lowest BCUT2D eigenvalue weighted by Gasteiger charge is -2.26. The van der Waals surface area contributed by atoms with Gasteiger partial charge in [-0.05, 0) is 31.0 Å². The van der Waals surface area contributed by atoms with E-state index < -0.39 is 0 Å². The van der Waals surface area contributed by atoms with E-state index in [1.54, 1.807) is 0 Å². The van der Waals surface area contributed by atoms with Crippen LogP contribution in [0.4, 0.5) is 5.69 Å². The third-order valence-electron chi connectivity index (χ3n) is 3.30. The highest BCUT2D eigenvalue weighted by molar-refractivity contribution is 5.46. The molecule has 2 aromatic carbocycles. The Labute approximate surface area is 115 Å². The minimum atomic E-state index is 0.155. The Balaban J connectivity index is 1.95. The van der Waals surface area contributed by atoms with Gasteiger partial charge in [-0.25, -0.2) is 0 Å². The molecule has 19 heavy (non-hydrogen) atoms. The van der Waals surface area contributed by atoms with Crippen LogP contribution < -0.4 is 10.6 Å². The lowest BCUT2D eigenvalue weighted by molar-refractivity contribution is 0.637. The molecule has 2 nitrogen and oxygen atoms in total. The van der Waals surface area contributed by atoms with Gasteiger partial charge in [-0.3, -0.25) is 0 Å². The lowest BCUT2D eigenvalue weighted by Crippen LogP contribution is -2.38. The molecule has 0 saturated heterocycles. The maximum absolute atomic E-state index is 6.28. The molecule has 0 radical (unpaired) electrons. The molecule has 0 heterocycles. The Hall–Kier alpha value is -1.80. The smallest absolute Gasteiger partial charge is 0.0366 e. The Morgan fingerprint density at radius 3 is 2.11 bits per heavy atom. The second kappa shape index (κ2) is 6.95. The molecule has 0 aliphatic heterocycles. The summed E-state index contributed by atoms with van der Waals surface area (Å²) in [4.78, 5) is 2.33. The van der Waals surface area contributed by atoms with E-state index in [2.05, 4.69) is 60.4 Å². The first-order chi connectivity index (χ1) is 9.29. The molecular weight excluding hydrogens is 232 g/mol. The van der Waals surface area contributed by atoms with Gasteiger partial charge in [0.2, 0.25) is 0 Å². The van der Waals surface area contributed by atoms with E-state index in [1.165, 1.54) is 11.3 Å². The molecule has 100 valence electrons. The number of anilines is 1. The largest absolute Gasteiger partial charge is 0.370 e. The van der Waals surface area contributed by atoms with Gasteiger partial charge in [0.25, 0.3) is 0 Å². The van der Waals surface area contributed by atoms with E-state index in [-0.39, 0.29) is 6.04 Å².